The molecular weight excluding hydrogens is 246 g/mol. The number of carbonyl (C=O) groups is 2. The summed E-state index contributed by atoms with van der Waals surface area (Å²) < 4.78 is 5.43. The molecule has 0 fully saturated rings. The Morgan fingerprint density at radius 2 is 2.32 bits per heavy atom. The number of benzene rings is 1. The van der Waals surface area contributed by atoms with Crippen LogP contribution < -0.4 is 10.1 Å². The first kappa shape index (κ1) is 13.4. The predicted octanol–water partition coefficient (Wildman–Crippen LogP) is 2.06. The molecule has 1 atom stereocenters. The van der Waals surface area contributed by atoms with Crippen LogP contribution in [0.5, 0.6) is 5.75 Å². The largest absolute Gasteiger partial charge is 0.494 e. The highest BCUT2D eigenvalue weighted by atomic mass is 16.5. The average Bonchev–Trinajstić information content (AvgIpc) is 2.37. The number of amides is 1. The third-order valence-electron chi connectivity index (χ3n) is 3.19. The van der Waals surface area contributed by atoms with Gasteiger partial charge in [0, 0.05) is 18.0 Å². The molecule has 1 aromatic carbocycles. The maximum Gasteiger partial charge on any atom is 0.303 e. The number of anilines is 1. The highest BCUT2D eigenvalue weighted by Gasteiger charge is 2.26. The number of hydrogen-bond donors (Lipinski definition) is 2. The fourth-order valence-electron chi connectivity index (χ4n) is 2.24. The Morgan fingerprint density at radius 1 is 1.53 bits per heavy atom. The lowest BCUT2D eigenvalue weighted by molar-refractivity contribution is -0.137. The molecular formula is C14H17NO4. The summed E-state index contributed by atoms with van der Waals surface area (Å²) in [6.07, 6.45) is 0.938. The molecule has 2 N–H and O–H groups in total. The second-order valence-electron chi connectivity index (χ2n) is 4.57. The van der Waals surface area contributed by atoms with Crippen LogP contribution in [0.25, 0.3) is 0 Å². The smallest absolute Gasteiger partial charge is 0.303 e. The summed E-state index contributed by atoms with van der Waals surface area (Å²) in [5.74, 6) is -0.477. The first-order valence-corrected chi connectivity index (χ1v) is 6.38. The Labute approximate surface area is 111 Å². The molecule has 1 aliphatic heterocycles. The Kier molecular flexibility index (Phi) is 4.04. The van der Waals surface area contributed by atoms with Gasteiger partial charge in [0.15, 0.2) is 0 Å². The van der Waals surface area contributed by atoms with Crippen molar-refractivity contribution >= 4 is 17.6 Å². The quantitative estimate of drug-likeness (QED) is 0.852. The lowest BCUT2D eigenvalue weighted by Crippen LogP contribution is -2.30. The molecule has 1 aliphatic rings. The van der Waals surface area contributed by atoms with Crippen molar-refractivity contribution < 1.29 is 19.4 Å². The van der Waals surface area contributed by atoms with Gasteiger partial charge in [-0.15, -0.1) is 0 Å². The standard InChI is InChI=1S/C14H17NO4/c1-2-19-11-4-5-12-10(8-11)7-9(14(18)15-12)3-6-13(16)17/h4-5,8-9H,2-3,6-7H2,1H3,(H,15,18)(H,16,17). The minimum absolute atomic E-state index is 0.0125. The van der Waals surface area contributed by atoms with Gasteiger partial charge in [0.05, 0.1) is 6.61 Å². The van der Waals surface area contributed by atoms with E-state index in [0.29, 0.717) is 19.4 Å². The minimum atomic E-state index is -0.873. The Balaban J connectivity index is 2.12. The van der Waals surface area contributed by atoms with E-state index in [1.807, 2.05) is 25.1 Å². The van der Waals surface area contributed by atoms with Crippen molar-refractivity contribution in [3.8, 4) is 5.75 Å². The van der Waals surface area contributed by atoms with E-state index >= 15 is 0 Å². The van der Waals surface area contributed by atoms with Crippen LogP contribution in [0.3, 0.4) is 0 Å². The van der Waals surface area contributed by atoms with Crippen molar-refractivity contribution in [3.63, 3.8) is 0 Å². The van der Waals surface area contributed by atoms with Crippen LogP contribution in [0.4, 0.5) is 5.69 Å². The summed E-state index contributed by atoms with van der Waals surface area (Å²) in [5, 5.41) is 11.5. The summed E-state index contributed by atoms with van der Waals surface area (Å²) in [4.78, 5) is 22.4. The van der Waals surface area contributed by atoms with Crippen LogP contribution in [0.15, 0.2) is 18.2 Å². The summed E-state index contributed by atoms with van der Waals surface area (Å²) in [6, 6.07) is 5.55. The van der Waals surface area contributed by atoms with Gasteiger partial charge in [-0.1, -0.05) is 0 Å². The first-order chi connectivity index (χ1) is 9.10. The van der Waals surface area contributed by atoms with Crippen molar-refractivity contribution in [1.29, 1.82) is 0 Å². The summed E-state index contributed by atoms with van der Waals surface area (Å²) in [7, 11) is 0. The van der Waals surface area contributed by atoms with Gasteiger partial charge in [-0.05, 0) is 43.5 Å². The van der Waals surface area contributed by atoms with Gasteiger partial charge in [0.25, 0.3) is 0 Å². The van der Waals surface area contributed by atoms with E-state index < -0.39 is 5.97 Å². The highest BCUT2D eigenvalue weighted by Crippen LogP contribution is 2.30. The van der Waals surface area contributed by atoms with E-state index in [9.17, 15) is 9.59 Å². The number of rotatable bonds is 5. The van der Waals surface area contributed by atoms with Gasteiger partial charge in [-0.25, -0.2) is 0 Å². The van der Waals surface area contributed by atoms with E-state index in [-0.39, 0.29) is 18.2 Å². The first-order valence-electron chi connectivity index (χ1n) is 6.38. The summed E-state index contributed by atoms with van der Waals surface area (Å²) >= 11 is 0. The van der Waals surface area contributed by atoms with E-state index in [0.717, 1.165) is 17.0 Å². The lowest BCUT2D eigenvalue weighted by atomic mass is 9.89. The number of carbonyl (C=O) groups excluding carboxylic acids is 1. The van der Waals surface area contributed by atoms with Crippen molar-refractivity contribution in [2.75, 3.05) is 11.9 Å². The van der Waals surface area contributed by atoms with Crippen molar-refractivity contribution in [2.24, 2.45) is 5.92 Å². The maximum absolute atomic E-state index is 11.8. The Bertz CT molecular complexity index is 498. The third kappa shape index (κ3) is 3.24. The van der Waals surface area contributed by atoms with Crippen LogP contribution in [0.2, 0.25) is 0 Å². The fraction of sp³-hybridized carbons (Fsp3) is 0.429. The van der Waals surface area contributed by atoms with Crippen molar-refractivity contribution in [3.05, 3.63) is 23.8 Å². The molecule has 0 aromatic heterocycles. The molecule has 2 rings (SSSR count). The number of carboxylic acid groups (broad SMARTS) is 1. The molecule has 1 heterocycles. The van der Waals surface area contributed by atoms with E-state index in [4.69, 9.17) is 9.84 Å². The molecule has 5 heteroatoms. The molecule has 102 valence electrons. The van der Waals surface area contributed by atoms with Gasteiger partial charge >= 0.3 is 5.97 Å². The molecule has 0 saturated heterocycles. The number of ether oxygens (including phenoxy) is 1. The van der Waals surface area contributed by atoms with Crippen LogP contribution >= 0.6 is 0 Å². The van der Waals surface area contributed by atoms with Gasteiger partial charge < -0.3 is 15.2 Å². The zero-order chi connectivity index (χ0) is 13.8. The second-order valence-corrected chi connectivity index (χ2v) is 4.57. The van der Waals surface area contributed by atoms with E-state index in [2.05, 4.69) is 5.32 Å². The van der Waals surface area contributed by atoms with Gasteiger partial charge in [-0.2, -0.15) is 0 Å². The molecule has 0 bridgehead atoms. The number of aliphatic carboxylic acids is 1. The van der Waals surface area contributed by atoms with Gasteiger partial charge in [-0.3, -0.25) is 9.59 Å². The molecule has 0 saturated carbocycles. The second kappa shape index (κ2) is 5.73. The number of nitrogens with one attached hydrogen (secondary N) is 1. The normalized spacial score (nSPS) is 17.5. The summed E-state index contributed by atoms with van der Waals surface area (Å²) in [6.45, 7) is 2.50. The zero-order valence-corrected chi connectivity index (χ0v) is 10.8. The van der Waals surface area contributed by atoms with Crippen LogP contribution in [0, 0.1) is 5.92 Å². The summed E-state index contributed by atoms with van der Waals surface area (Å²) in [5.41, 5.74) is 1.79. The number of hydrogen-bond acceptors (Lipinski definition) is 3. The van der Waals surface area contributed by atoms with Crippen LogP contribution in [-0.4, -0.2) is 23.6 Å². The predicted molar refractivity (Wildman–Crippen MR) is 70.3 cm³/mol. The highest BCUT2D eigenvalue weighted by molar-refractivity contribution is 5.96. The Morgan fingerprint density at radius 3 is 3.00 bits per heavy atom. The molecule has 1 aromatic rings. The molecule has 19 heavy (non-hydrogen) atoms. The van der Waals surface area contributed by atoms with E-state index in [1.54, 1.807) is 0 Å². The number of fused-ring (bicyclic) bond motifs is 1. The molecule has 1 unspecified atom stereocenters. The van der Waals surface area contributed by atoms with Crippen molar-refractivity contribution in [2.45, 2.75) is 26.2 Å². The van der Waals surface area contributed by atoms with Crippen LogP contribution in [0.1, 0.15) is 25.3 Å². The topological polar surface area (TPSA) is 75.6 Å². The van der Waals surface area contributed by atoms with Crippen LogP contribution in [-0.2, 0) is 16.0 Å². The molecule has 0 aliphatic carbocycles. The monoisotopic (exact) mass is 263 g/mol. The zero-order valence-electron chi connectivity index (χ0n) is 10.8. The maximum atomic E-state index is 11.8. The van der Waals surface area contributed by atoms with Gasteiger partial charge in [0.1, 0.15) is 5.75 Å². The van der Waals surface area contributed by atoms with E-state index in [1.165, 1.54) is 0 Å². The molecule has 0 spiro atoms. The SMILES string of the molecule is CCOc1ccc2c(c1)CC(CCC(=O)O)C(=O)N2. The Hall–Kier alpha value is -2.04. The average molecular weight is 263 g/mol. The molecule has 1 amide bonds. The lowest BCUT2D eigenvalue weighted by Gasteiger charge is -2.24. The van der Waals surface area contributed by atoms with Gasteiger partial charge in [0.2, 0.25) is 5.91 Å². The molecule has 5 nitrogen and oxygen atoms in total. The molecule has 0 radical (unpaired) electrons. The third-order valence-corrected chi connectivity index (χ3v) is 3.19. The minimum Gasteiger partial charge on any atom is -0.494 e. The van der Waals surface area contributed by atoms with Crippen molar-refractivity contribution in [1.82, 2.24) is 0 Å². The number of carboxylic acids is 1. The fourth-order valence-corrected chi connectivity index (χ4v) is 2.24.